The van der Waals surface area contributed by atoms with E-state index < -0.39 is 5.91 Å². The smallest absolute Gasteiger partial charge is 0.250 e. The van der Waals surface area contributed by atoms with E-state index in [0.29, 0.717) is 17.1 Å². The number of nitrogens with two attached hydrogens (primary N) is 1. The molecule has 1 heterocycles. The van der Waals surface area contributed by atoms with Gasteiger partial charge in [0.15, 0.2) is 0 Å². The number of carbonyl (C=O) groups is 1. The predicted octanol–water partition coefficient (Wildman–Crippen LogP) is 3.88. The molecule has 0 bridgehead atoms. The van der Waals surface area contributed by atoms with Crippen molar-refractivity contribution in [3.05, 3.63) is 49.6 Å². The van der Waals surface area contributed by atoms with Crippen LogP contribution in [0.3, 0.4) is 0 Å². The molecule has 18 heavy (non-hydrogen) atoms. The number of halogens is 2. The molecule has 0 spiro atoms. The van der Waals surface area contributed by atoms with Gasteiger partial charge in [-0.2, -0.15) is 0 Å². The van der Waals surface area contributed by atoms with Crippen LogP contribution in [0.5, 0.6) is 0 Å². The van der Waals surface area contributed by atoms with E-state index in [1.165, 1.54) is 4.88 Å². The Labute approximate surface area is 122 Å². The Hall–Kier alpha value is -1.04. The van der Waals surface area contributed by atoms with Crippen molar-refractivity contribution in [3.8, 4) is 0 Å². The van der Waals surface area contributed by atoms with Crippen molar-refractivity contribution in [3.63, 3.8) is 0 Å². The van der Waals surface area contributed by atoms with Gasteiger partial charge in [-0.05, 0) is 45.6 Å². The first kappa shape index (κ1) is 13.4. The molecule has 6 heteroatoms. The van der Waals surface area contributed by atoms with Gasteiger partial charge < -0.3 is 11.1 Å². The van der Waals surface area contributed by atoms with Crippen LogP contribution in [-0.2, 0) is 6.54 Å². The number of carbonyl (C=O) groups excluding carboxylic acids is 1. The lowest BCUT2D eigenvalue weighted by molar-refractivity contribution is 0.100. The molecule has 0 radical (unpaired) electrons. The molecular formula is C12H10BrClN2OS. The van der Waals surface area contributed by atoms with Gasteiger partial charge in [-0.15, -0.1) is 11.3 Å². The molecular weight excluding hydrogens is 336 g/mol. The second-order valence-corrected chi connectivity index (χ2v) is 5.87. The summed E-state index contributed by atoms with van der Waals surface area (Å²) in [4.78, 5) is 12.2. The number of thiophene rings is 1. The largest absolute Gasteiger partial charge is 0.380 e. The van der Waals surface area contributed by atoms with Gasteiger partial charge in [-0.3, -0.25) is 4.79 Å². The lowest BCUT2D eigenvalue weighted by Gasteiger charge is -2.07. The summed E-state index contributed by atoms with van der Waals surface area (Å²) in [5.74, 6) is -0.521. The summed E-state index contributed by atoms with van der Waals surface area (Å²) in [5, 5.41) is 5.62. The maximum atomic E-state index is 11.0. The van der Waals surface area contributed by atoms with Crippen LogP contribution in [0.1, 0.15) is 15.2 Å². The predicted molar refractivity (Wildman–Crippen MR) is 79.3 cm³/mol. The Bertz CT molecular complexity index is 585. The third kappa shape index (κ3) is 3.04. The van der Waals surface area contributed by atoms with Gasteiger partial charge in [0, 0.05) is 15.0 Å². The van der Waals surface area contributed by atoms with Crippen LogP contribution in [-0.4, -0.2) is 5.91 Å². The van der Waals surface area contributed by atoms with Crippen molar-refractivity contribution in [2.75, 3.05) is 5.32 Å². The van der Waals surface area contributed by atoms with Crippen LogP contribution < -0.4 is 11.1 Å². The fraction of sp³-hybridized carbons (Fsp3) is 0.0833. The molecule has 2 aromatic rings. The van der Waals surface area contributed by atoms with Gasteiger partial charge in [0.1, 0.15) is 0 Å². The first-order valence-electron chi connectivity index (χ1n) is 5.13. The van der Waals surface area contributed by atoms with Gasteiger partial charge in [0.25, 0.3) is 0 Å². The first-order chi connectivity index (χ1) is 8.58. The summed E-state index contributed by atoms with van der Waals surface area (Å²) in [7, 11) is 0. The average molecular weight is 346 g/mol. The Morgan fingerprint density at radius 3 is 2.78 bits per heavy atom. The summed E-state index contributed by atoms with van der Waals surface area (Å²) in [6.45, 7) is 0.699. The Morgan fingerprint density at radius 2 is 2.22 bits per heavy atom. The van der Waals surface area contributed by atoms with Gasteiger partial charge in [-0.1, -0.05) is 11.6 Å². The standard InChI is InChI=1S/C12H10BrClN2OS/c13-9-3-4-18-11(9)6-16-7-1-2-8(12(15)17)10(14)5-7/h1-5,16H,6H2,(H2,15,17). The quantitative estimate of drug-likeness (QED) is 0.883. The topological polar surface area (TPSA) is 55.1 Å². The van der Waals surface area contributed by atoms with Crippen molar-refractivity contribution in [2.24, 2.45) is 5.73 Å². The molecule has 0 fully saturated rings. The number of hydrogen-bond donors (Lipinski definition) is 2. The molecule has 94 valence electrons. The molecule has 0 aliphatic heterocycles. The van der Waals surface area contributed by atoms with Crippen molar-refractivity contribution in [1.82, 2.24) is 0 Å². The minimum absolute atomic E-state index is 0.333. The van der Waals surface area contributed by atoms with E-state index in [4.69, 9.17) is 17.3 Å². The number of benzene rings is 1. The molecule has 2 rings (SSSR count). The average Bonchev–Trinajstić information content (AvgIpc) is 2.72. The lowest BCUT2D eigenvalue weighted by atomic mass is 10.2. The first-order valence-corrected chi connectivity index (χ1v) is 7.18. The van der Waals surface area contributed by atoms with Crippen LogP contribution in [0.15, 0.2) is 34.1 Å². The monoisotopic (exact) mass is 344 g/mol. The molecule has 0 atom stereocenters. The van der Waals surface area contributed by atoms with Gasteiger partial charge >= 0.3 is 0 Å². The minimum Gasteiger partial charge on any atom is -0.380 e. The third-order valence-electron chi connectivity index (χ3n) is 2.38. The van der Waals surface area contributed by atoms with Crippen molar-refractivity contribution in [2.45, 2.75) is 6.54 Å². The molecule has 1 aromatic carbocycles. The maximum absolute atomic E-state index is 11.0. The van der Waals surface area contributed by atoms with Gasteiger partial charge in [0.2, 0.25) is 5.91 Å². The SMILES string of the molecule is NC(=O)c1ccc(NCc2sccc2Br)cc1Cl. The second-order valence-electron chi connectivity index (χ2n) is 3.60. The Morgan fingerprint density at radius 1 is 1.44 bits per heavy atom. The van der Waals surface area contributed by atoms with E-state index in [1.807, 2.05) is 11.4 Å². The highest BCUT2D eigenvalue weighted by atomic mass is 79.9. The molecule has 0 aliphatic carbocycles. The van der Waals surface area contributed by atoms with Gasteiger partial charge in [0.05, 0.1) is 17.1 Å². The summed E-state index contributed by atoms with van der Waals surface area (Å²) < 4.78 is 1.08. The summed E-state index contributed by atoms with van der Waals surface area (Å²) in [6, 6.07) is 7.11. The molecule has 0 saturated heterocycles. The zero-order valence-corrected chi connectivity index (χ0v) is 12.4. The highest BCUT2D eigenvalue weighted by molar-refractivity contribution is 9.10. The molecule has 1 amide bonds. The number of rotatable bonds is 4. The van der Waals surface area contributed by atoms with E-state index in [-0.39, 0.29) is 0 Å². The van der Waals surface area contributed by atoms with Crippen LogP contribution in [0.25, 0.3) is 0 Å². The van der Waals surface area contributed by atoms with E-state index in [0.717, 1.165) is 10.2 Å². The third-order valence-corrected chi connectivity index (χ3v) is 4.62. The van der Waals surface area contributed by atoms with Crippen LogP contribution in [0.2, 0.25) is 5.02 Å². The van der Waals surface area contributed by atoms with E-state index in [2.05, 4.69) is 21.2 Å². The second kappa shape index (κ2) is 5.73. The van der Waals surface area contributed by atoms with Gasteiger partial charge in [-0.25, -0.2) is 0 Å². The van der Waals surface area contributed by atoms with E-state index in [1.54, 1.807) is 29.5 Å². The van der Waals surface area contributed by atoms with Crippen molar-refractivity contribution < 1.29 is 4.79 Å². The zero-order valence-electron chi connectivity index (χ0n) is 9.24. The minimum atomic E-state index is -0.521. The molecule has 0 aliphatic rings. The van der Waals surface area contributed by atoms with Crippen molar-refractivity contribution >= 4 is 50.5 Å². The van der Waals surface area contributed by atoms with Crippen LogP contribution in [0, 0.1) is 0 Å². The molecule has 0 unspecified atom stereocenters. The fourth-order valence-electron chi connectivity index (χ4n) is 1.46. The molecule has 3 nitrogen and oxygen atoms in total. The maximum Gasteiger partial charge on any atom is 0.250 e. The summed E-state index contributed by atoms with van der Waals surface area (Å²) >= 11 is 11.1. The zero-order chi connectivity index (χ0) is 13.1. The highest BCUT2D eigenvalue weighted by Crippen LogP contribution is 2.25. The number of hydrogen-bond acceptors (Lipinski definition) is 3. The lowest BCUT2D eigenvalue weighted by Crippen LogP contribution is -2.11. The molecule has 1 aromatic heterocycles. The molecule has 0 saturated carbocycles. The highest BCUT2D eigenvalue weighted by Gasteiger charge is 2.07. The fourth-order valence-corrected chi connectivity index (χ4v) is 3.16. The summed E-state index contributed by atoms with van der Waals surface area (Å²) in [6.07, 6.45) is 0. The Kier molecular flexibility index (Phi) is 4.27. The number of amides is 1. The number of anilines is 1. The van der Waals surface area contributed by atoms with Crippen LogP contribution in [0.4, 0.5) is 5.69 Å². The number of primary amides is 1. The van der Waals surface area contributed by atoms with E-state index in [9.17, 15) is 4.79 Å². The Balaban J connectivity index is 2.09. The molecule has 3 N–H and O–H groups in total. The van der Waals surface area contributed by atoms with Crippen molar-refractivity contribution in [1.29, 1.82) is 0 Å². The number of nitrogens with one attached hydrogen (secondary N) is 1. The summed E-state index contributed by atoms with van der Waals surface area (Å²) in [5.41, 5.74) is 6.37. The van der Waals surface area contributed by atoms with Crippen LogP contribution >= 0.6 is 38.9 Å². The van der Waals surface area contributed by atoms with E-state index >= 15 is 0 Å². The normalized spacial score (nSPS) is 10.3.